The predicted molar refractivity (Wildman–Crippen MR) is 80.5 cm³/mol. The lowest BCUT2D eigenvalue weighted by atomic mass is 10.0. The van der Waals surface area contributed by atoms with Crippen LogP contribution in [0, 0.1) is 13.8 Å². The smallest absolute Gasteiger partial charge is 0.0448 e. The average molecular weight is 262 g/mol. The minimum absolute atomic E-state index is 0.561. The molecule has 2 heterocycles. The standard InChI is InChI=1S/C15H26N4/c1-11-9-15(14(10-16)12(2)17-11)19(4)13-5-7-18(3)8-6-13/h9,13H,5-8,10,16H2,1-4H3. The van der Waals surface area contributed by atoms with Gasteiger partial charge in [0.05, 0.1) is 0 Å². The molecule has 0 bridgehead atoms. The van der Waals surface area contributed by atoms with Crippen LogP contribution in [0.4, 0.5) is 5.69 Å². The van der Waals surface area contributed by atoms with Gasteiger partial charge in [-0.2, -0.15) is 0 Å². The molecule has 1 saturated heterocycles. The lowest BCUT2D eigenvalue weighted by Crippen LogP contribution is -2.42. The molecule has 0 aliphatic carbocycles. The molecule has 1 fully saturated rings. The topological polar surface area (TPSA) is 45.4 Å². The quantitative estimate of drug-likeness (QED) is 0.900. The first-order valence-electron chi connectivity index (χ1n) is 7.11. The Kier molecular flexibility index (Phi) is 4.42. The van der Waals surface area contributed by atoms with E-state index < -0.39 is 0 Å². The van der Waals surface area contributed by atoms with Gasteiger partial charge in [-0.25, -0.2) is 0 Å². The largest absolute Gasteiger partial charge is 0.371 e. The van der Waals surface area contributed by atoms with Crippen molar-refractivity contribution in [3.8, 4) is 0 Å². The molecule has 1 aromatic rings. The van der Waals surface area contributed by atoms with Gasteiger partial charge in [-0.1, -0.05) is 0 Å². The molecule has 0 amide bonds. The third-order valence-electron chi connectivity index (χ3n) is 4.26. The normalized spacial score (nSPS) is 17.7. The maximum Gasteiger partial charge on any atom is 0.0448 e. The first-order valence-corrected chi connectivity index (χ1v) is 7.11. The van der Waals surface area contributed by atoms with Crippen molar-refractivity contribution in [1.82, 2.24) is 9.88 Å². The molecular formula is C15H26N4. The van der Waals surface area contributed by atoms with Crippen molar-refractivity contribution in [2.24, 2.45) is 5.73 Å². The van der Waals surface area contributed by atoms with Crippen molar-refractivity contribution in [3.05, 3.63) is 23.0 Å². The van der Waals surface area contributed by atoms with Crippen LogP contribution in [-0.4, -0.2) is 43.1 Å². The van der Waals surface area contributed by atoms with Crippen LogP contribution in [0.15, 0.2) is 6.07 Å². The number of aryl methyl sites for hydroxylation is 2. The lowest BCUT2D eigenvalue weighted by molar-refractivity contribution is 0.252. The third-order valence-corrected chi connectivity index (χ3v) is 4.26. The van der Waals surface area contributed by atoms with Crippen LogP contribution in [0.3, 0.4) is 0 Å². The van der Waals surface area contributed by atoms with Crippen LogP contribution >= 0.6 is 0 Å². The van der Waals surface area contributed by atoms with Gasteiger partial charge in [-0.15, -0.1) is 0 Å². The van der Waals surface area contributed by atoms with E-state index in [9.17, 15) is 0 Å². The Labute approximate surface area is 116 Å². The van der Waals surface area contributed by atoms with Gasteiger partial charge in [0.25, 0.3) is 0 Å². The predicted octanol–water partition coefficient (Wildman–Crippen LogP) is 1.69. The maximum absolute atomic E-state index is 5.92. The van der Waals surface area contributed by atoms with E-state index >= 15 is 0 Å². The van der Waals surface area contributed by atoms with Crippen LogP contribution in [0.25, 0.3) is 0 Å². The van der Waals surface area contributed by atoms with E-state index in [-0.39, 0.29) is 0 Å². The van der Waals surface area contributed by atoms with E-state index in [4.69, 9.17) is 5.73 Å². The Bertz CT molecular complexity index is 436. The fraction of sp³-hybridized carbons (Fsp3) is 0.667. The highest BCUT2D eigenvalue weighted by Crippen LogP contribution is 2.27. The van der Waals surface area contributed by atoms with Gasteiger partial charge in [0.2, 0.25) is 0 Å². The summed E-state index contributed by atoms with van der Waals surface area (Å²) in [6, 6.07) is 2.79. The van der Waals surface area contributed by atoms with Crippen molar-refractivity contribution in [1.29, 1.82) is 0 Å². The highest BCUT2D eigenvalue weighted by Gasteiger charge is 2.23. The molecule has 0 radical (unpaired) electrons. The number of pyridine rings is 1. The average Bonchev–Trinajstić information content (AvgIpc) is 2.38. The Morgan fingerprint density at radius 1 is 1.37 bits per heavy atom. The van der Waals surface area contributed by atoms with Crippen LogP contribution in [0.1, 0.15) is 29.8 Å². The molecule has 2 N–H and O–H groups in total. The summed E-state index contributed by atoms with van der Waals surface area (Å²) in [6.07, 6.45) is 2.44. The second-order valence-corrected chi connectivity index (χ2v) is 5.70. The van der Waals surface area contributed by atoms with Crippen molar-refractivity contribution in [2.75, 3.05) is 32.1 Å². The third kappa shape index (κ3) is 3.07. The van der Waals surface area contributed by atoms with E-state index in [1.807, 2.05) is 0 Å². The zero-order valence-corrected chi connectivity index (χ0v) is 12.6. The van der Waals surface area contributed by atoms with Crippen molar-refractivity contribution >= 4 is 5.69 Å². The summed E-state index contributed by atoms with van der Waals surface area (Å²) >= 11 is 0. The van der Waals surface area contributed by atoms with E-state index in [1.54, 1.807) is 0 Å². The van der Waals surface area contributed by atoms with Gasteiger partial charge >= 0.3 is 0 Å². The fourth-order valence-electron chi connectivity index (χ4n) is 2.98. The molecule has 4 heteroatoms. The number of anilines is 1. The molecule has 0 aromatic carbocycles. The minimum Gasteiger partial charge on any atom is -0.371 e. The van der Waals surface area contributed by atoms with Crippen LogP contribution in [0.5, 0.6) is 0 Å². The molecule has 106 valence electrons. The molecule has 1 aliphatic rings. The number of piperidine rings is 1. The zero-order valence-electron chi connectivity index (χ0n) is 12.6. The molecule has 4 nitrogen and oxygen atoms in total. The first-order chi connectivity index (χ1) is 9.02. The number of nitrogens with zero attached hydrogens (tertiary/aromatic N) is 3. The van der Waals surface area contributed by atoms with Crippen LogP contribution in [0.2, 0.25) is 0 Å². The van der Waals surface area contributed by atoms with E-state index in [2.05, 4.69) is 48.8 Å². The van der Waals surface area contributed by atoms with Crippen LogP contribution in [-0.2, 0) is 6.54 Å². The summed E-state index contributed by atoms with van der Waals surface area (Å²) in [7, 11) is 4.39. The lowest BCUT2D eigenvalue weighted by Gasteiger charge is -2.37. The highest BCUT2D eigenvalue weighted by atomic mass is 15.2. The Hall–Kier alpha value is -1.13. The summed E-state index contributed by atoms with van der Waals surface area (Å²) < 4.78 is 0. The summed E-state index contributed by atoms with van der Waals surface area (Å²) in [4.78, 5) is 9.34. The molecule has 2 rings (SSSR count). The van der Waals surface area contributed by atoms with E-state index in [0.717, 1.165) is 11.4 Å². The zero-order chi connectivity index (χ0) is 14.0. The van der Waals surface area contributed by atoms with E-state index in [0.29, 0.717) is 12.6 Å². The molecule has 0 atom stereocenters. The molecule has 19 heavy (non-hydrogen) atoms. The van der Waals surface area contributed by atoms with Crippen LogP contribution < -0.4 is 10.6 Å². The summed E-state index contributed by atoms with van der Waals surface area (Å²) in [5.74, 6) is 0. The van der Waals surface area contributed by atoms with Gasteiger partial charge in [0, 0.05) is 42.3 Å². The molecular weight excluding hydrogens is 236 g/mol. The van der Waals surface area contributed by atoms with Gasteiger partial charge < -0.3 is 15.5 Å². The number of aromatic nitrogens is 1. The second-order valence-electron chi connectivity index (χ2n) is 5.70. The van der Waals surface area contributed by atoms with Crippen molar-refractivity contribution in [2.45, 2.75) is 39.3 Å². The maximum atomic E-state index is 5.92. The minimum atomic E-state index is 0.561. The summed E-state index contributed by atoms with van der Waals surface area (Å²) in [5.41, 5.74) is 10.5. The van der Waals surface area contributed by atoms with Crippen molar-refractivity contribution < 1.29 is 0 Å². The second kappa shape index (κ2) is 5.88. The molecule has 0 saturated carbocycles. The van der Waals surface area contributed by atoms with Gasteiger partial charge in [0.15, 0.2) is 0 Å². The molecule has 1 aliphatic heterocycles. The molecule has 0 spiro atoms. The van der Waals surface area contributed by atoms with Gasteiger partial charge in [0.1, 0.15) is 0 Å². The summed E-state index contributed by atoms with van der Waals surface area (Å²) in [5, 5.41) is 0. The number of hydrogen-bond donors (Lipinski definition) is 1. The molecule has 1 aromatic heterocycles. The first kappa shape index (κ1) is 14.3. The van der Waals surface area contributed by atoms with E-state index in [1.165, 1.54) is 37.2 Å². The highest BCUT2D eigenvalue weighted by molar-refractivity contribution is 5.56. The number of rotatable bonds is 3. The van der Waals surface area contributed by atoms with Gasteiger partial charge in [-0.05, 0) is 52.9 Å². The van der Waals surface area contributed by atoms with Crippen molar-refractivity contribution in [3.63, 3.8) is 0 Å². The Balaban J connectivity index is 2.25. The summed E-state index contributed by atoms with van der Waals surface area (Å²) in [6.45, 7) is 7.03. The Morgan fingerprint density at radius 2 is 2.00 bits per heavy atom. The Morgan fingerprint density at radius 3 is 2.58 bits per heavy atom. The van der Waals surface area contributed by atoms with Gasteiger partial charge in [-0.3, -0.25) is 4.98 Å². The SMILES string of the molecule is Cc1cc(N(C)C2CCN(C)CC2)c(CN)c(C)n1. The monoisotopic (exact) mass is 262 g/mol. The number of likely N-dealkylation sites (tertiary alicyclic amines) is 1. The molecule has 0 unspecified atom stereocenters. The number of nitrogens with two attached hydrogens (primary N) is 1. The fourth-order valence-corrected chi connectivity index (χ4v) is 2.98. The number of hydrogen-bond acceptors (Lipinski definition) is 4.